The van der Waals surface area contributed by atoms with E-state index >= 15 is 0 Å². The Kier molecular flexibility index (Phi) is 25.4. The van der Waals surface area contributed by atoms with E-state index in [2.05, 4.69) is 143 Å². The SMILES string of the molecule is [C-]#[N+]c1cc(N(CCCC)CCCC)ccc1N(c1ccc(N(c2ccc(N(CCCC)CCCC)cc2C#N)c2ccc(N(CCCC)CCCC)cc2C#N)cc1)c1ccc(N(CCCC)CCCC)cc1[N+]#[C-]. The number of unbranched alkanes of at least 4 members (excludes halogenated alkanes) is 8. The van der Waals surface area contributed by atoms with E-state index in [4.69, 9.17) is 13.1 Å². The molecule has 5 rings (SSSR count). The minimum absolute atomic E-state index is 0.505. The maximum atomic E-state index is 11.0. The van der Waals surface area contributed by atoms with Crippen LogP contribution in [-0.4, -0.2) is 52.4 Å². The maximum Gasteiger partial charge on any atom is 0.212 e. The summed E-state index contributed by atoms with van der Waals surface area (Å²) in [6, 6.07) is 38.2. The number of anilines is 10. The highest BCUT2D eigenvalue weighted by atomic mass is 15.2. The average Bonchev–Trinajstić information content (AvgIpc) is 3.46. The van der Waals surface area contributed by atoms with Crippen LogP contribution in [0.3, 0.4) is 0 Å². The molecule has 0 saturated carbocycles. The van der Waals surface area contributed by atoms with Crippen LogP contribution in [0.5, 0.6) is 0 Å². The first kappa shape index (κ1) is 59.7. The van der Waals surface area contributed by atoms with Crippen LogP contribution in [0.1, 0.15) is 169 Å². The molecule has 0 fully saturated rings. The van der Waals surface area contributed by atoms with Gasteiger partial charge in [0.05, 0.1) is 47.0 Å². The number of benzene rings is 5. The van der Waals surface area contributed by atoms with Crippen molar-refractivity contribution < 1.29 is 0 Å². The molecule has 0 aliphatic carbocycles. The highest BCUT2D eigenvalue weighted by molar-refractivity contribution is 5.93. The molecule has 0 unspecified atom stereocenters. The number of nitrogens with zero attached hydrogens (tertiary/aromatic N) is 10. The van der Waals surface area contributed by atoms with E-state index in [0.29, 0.717) is 45.3 Å². The van der Waals surface area contributed by atoms with Gasteiger partial charge in [-0.15, -0.1) is 0 Å². The first-order valence-corrected chi connectivity index (χ1v) is 29.0. The Bertz CT molecular complexity index is 2340. The first-order valence-electron chi connectivity index (χ1n) is 29.0. The molecule has 76 heavy (non-hydrogen) atoms. The lowest BCUT2D eigenvalue weighted by Gasteiger charge is -2.32. The molecule has 5 aromatic carbocycles. The number of nitriles is 2. The van der Waals surface area contributed by atoms with Gasteiger partial charge in [0.1, 0.15) is 12.1 Å². The van der Waals surface area contributed by atoms with Gasteiger partial charge < -0.3 is 29.4 Å². The molecule has 0 aliphatic heterocycles. The number of hydrogen-bond donors (Lipinski definition) is 0. The predicted octanol–water partition coefficient (Wildman–Crippen LogP) is 19.1. The molecule has 0 bridgehead atoms. The first-order chi connectivity index (χ1) is 37.2. The fourth-order valence-electron chi connectivity index (χ4n) is 9.82. The second-order valence-electron chi connectivity index (χ2n) is 20.2. The van der Waals surface area contributed by atoms with Crippen molar-refractivity contribution in [2.75, 3.05) is 81.8 Å². The molecule has 0 aromatic heterocycles. The lowest BCUT2D eigenvalue weighted by Crippen LogP contribution is -2.26. The van der Waals surface area contributed by atoms with Gasteiger partial charge in [-0.1, -0.05) is 107 Å². The van der Waals surface area contributed by atoms with Gasteiger partial charge in [-0.3, -0.25) is 0 Å². The zero-order valence-electron chi connectivity index (χ0n) is 47.7. The molecule has 0 atom stereocenters. The lowest BCUT2D eigenvalue weighted by atomic mass is 10.0. The molecule has 0 saturated heterocycles. The van der Waals surface area contributed by atoms with E-state index in [9.17, 15) is 10.5 Å². The van der Waals surface area contributed by atoms with Crippen molar-refractivity contribution in [2.45, 2.75) is 158 Å². The summed E-state index contributed by atoms with van der Waals surface area (Å²) in [5.41, 5.74) is 10.4. The van der Waals surface area contributed by atoms with Crippen molar-refractivity contribution in [2.24, 2.45) is 0 Å². The van der Waals surface area contributed by atoms with Gasteiger partial charge in [0.25, 0.3) is 0 Å². The molecule has 10 heteroatoms. The van der Waals surface area contributed by atoms with E-state index in [1.165, 1.54) is 0 Å². The Hall–Kier alpha value is -7.14. The standard InChI is InChI=1S/C66H88N10/c1-11-19-39-71(40-20-12-2)57-31-35-63(53(47-57)51-67)75(64-36-32-58(48-54(64)52-68)72(41-21-13-3)42-22-14-4)55-27-29-56(30-28-55)76(65-37-33-59(49-61(65)69-9)73(43-23-15-5)44-24-16-6)66-38-34-60(50-62(66)70-10)74(45-25-17-7)46-26-18-8/h27-38,47-50H,11-26,39-46H2,1-8H3. The van der Waals surface area contributed by atoms with Gasteiger partial charge in [0.15, 0.2) is 0 Å². The smallest absolute Gasteiger partial charge is 0.212 e. The summed E-state index contributed by atoms with van der Waals surface area (Å²) in [6.45, 7) is 42.3. The van der Waals surface area contributed by atoms with Gasteiger partial charge >= 0.3 is 0 Å². The molecule has 0 spiro atoms. The molecule has 0 aliphatic rings. The highest BCUT2D eigenvalue weighted by Gasteiger charge is 2.25. The number of hydrogen-bond acceptors (Lipinski definition) is 8. The van der Waals surface area contributed by atoms with Crippen LogP contribution in [0.2, 0.25) is 0 Å². The van der Waals surface area contributed by atoms with E-state index in [0.717, 1.165) is 189 Å². The number of rotatable bonds is 34. The Labute approximate surface area is 459 Å². The second kappa shape index (κ2) is 32.3. The topological polar surface area (TPSA) is 75.7 Å². The Morgan fingerprint density at radius 1 is 0.329 bits per heavy atom. The quantitative estimate of drug-likeness (QED) is 0.0377. The van der Waals surface area contributed by atoms with Crippen LogP contribution >= 0.6 is 0 Å². The van der Waals surface area contributed by atoms with Crippen LogP contribution in [0.15, 0.2) is 97.1 Å². The van der Waals surface area contributed by atoms with Crippen molar-refractivity contribution in [1.29, 1.82) is 10.5 Å². The molecule has 0 amide bonds. The molecule has 10 nitrogen and oxygen atoms in total. The van der Waals surface area contributed by atoms with Crippen LogP contribution in [-0.2, 0) is 0 Å². The summed E-state index contributed by atoms with van der Waals surface area (Å²) in [7, 11) is 0. The third-order valence-corrected chi connectivity index (χ3v) is 14.4. The van der Waals surface area contributed by atoms with Gasteiger partial charge in [-0.05, 0) is 148 Å². The molecule has 0 heterocycles. The summed E-state index contributed by atoms with van der Waals surface area (Å²) in [4.78, 5) is 22.2. The van der Waals surface area contributed by atoms with Crippen molar-refractivity contribution in [1.82, 2.24) is 0 Å². The second-order valence-corrected chi connectivity index (χ2v) is 20.2. The minimum Gasteiger partial charge on any atom is -0.373 e. The average molecular weight is 1020 g/mol. The summed E-state index contributed by atoms with van der Waals surface area (Å²) in [5, 5.41) is 22.1. The third kappa shape index (κ3) is 15.9. The molecule has 0 N–H and O–H groups in total. The Morgan fingerprint density at radius 3 is 0.789 bits per heavy atom. The predicted molar refractivity (Wildman–Crippen MR) is 326 cm³/mol. The van der Waals surface area contributed by atoms with E-state index < -0.39 is 0 Å². The van der Waals surface area contributed by atoms with Crippen molar-refractivity contribution in [3.8, 4) is 12.1 Å². The lowest BCUT2D eigenvalue weighted by molar-refractivity contribution is 0.678. The largest absolute Gasteiger partial charge is 0.373 e. The molecular formula is C66H88N10. The van der Waals surface area contributed by atoms with Crippen LogP contribution < -0.4 is 29.4 Å². The minimum atomic E-state index is 0.505. The summed E-state index contributed by atoms with van der Waals surface area (Å²) < 4.78 is 0. The van der Waals surface area contributed by atoms with Crippen LogP contribution in [0, 0.1) is 35.8 Å². The summed E-state index contributed by atoms with van der Waals surface area (Å²) >= 11 is 0. The molecule has 5 aromatic rings. The van der Waals surface area contributed by atoms with Crippen molar-refractivity contribution in [3.05, 3.63) is 131 Å². The Balaban J connectivity index is 1.77. The van der Waals surface area contributed by atoms with Gasteiger partial charge in [0.2, 0.25) is 11.4 Å². The zero-order chi connectivity index (χ0) is 54.7. The summed E-state index contributed by atoms with van der Waals surface area (Å²) in [5.74, 6) is 0. The molecule has 402 valence electrons. The van der Waals surface area contributed by atoms with Crippen LogP contribution in [0.25, 0.3) is 9.69 Å². The van der Waals surface area contributed by atoms with Gasteiger partial charge in [0, 0.05) is 86.5 Å². The third-order valence-electron chi connectivity index (χ3n) is 14.4. The van der Waals surface area contributed by atoms with E-state index in [1.807, 2.05) is 60.7 Å². The van der Waals surface area contributed by atoms with E-state index in [1.54, 1.807) is 0 Å². The zero-order valence-corrected chi connectivity index (χ0v) is 47.7. The highest BCUT2D eigenvalue weighted by Crippen LogP contribution is 2.48. The van der Waals surface area contributed by atoms with Crippen LogP contribution in [0.4, 0.5) is 68.2 Å². The Morgan fingerprint density at radius 2 is 0.553 bits per heavy atom. The summed E-state index contributed by atoms with van der Waals surface area (Å²) in [6.07, 6.45) is 17.2. The van der Waals surface area contributed by atoms with Gasteiger partial charge in [-0.2, -0.15) is 10.5 Å². The fraction of sp³-hybridized carbons (Fsp3) is 0.485. The maximum absolute atomic E-state index is 11.0. The monoisotopic (exact) mass is 1020 g/mol. The van der Waals surface area contributed by atoms with Gasteiger partial charge in [-0.25, -0.2) is 9.69 Å². The fourth-order valence-corrected chi connectivity index (χ4v) is 9.82. The molecule has 0 radical (unpaired) electrons. The van der Waals surface area contributed by atoms with Crippen molar-refractivity contribution >= 4 is 68.2 Å². The van der Waals surface area contributed by atoms with E-state index in [-0.39, 0.29) is 0 Å². The van der Waals surface area contributed by atoms with Crippen molar-refractivity contribution in [3.63, 3.8) is 0 Å². The normalized spacial score (nSPS) is 10.8. The molecular weight excluding hydrogens is 933 g/mol.